The van der Waals surface area contributed by atoms with Gasteiger partial charge in [-0.2, -0.15) is 0 Å². The van der Waals surface area contributed by atoms with Crippen LogP contribution >= 0.6 is 0 Å². The van der Waals surface area contributed by atoms with E-state index in [-0.39, 0.29) is 12.5 Å². The Morgan fingerprint density at radius 1 is 1.33 bits per heavy atom. The van der Waals surface area contributed by atoms with E-state index < -0.39 is 0 Å². The second-order valence-corrected chi connectivity index (χ2v) is 4.18. The van der Waals surface area contributed by atoms with E-state index in [9.17, 15) is 4.79 Å². The van der Waals surface area contributed by atoms with Gasteiger partial charge in [0.2, 0.25) is 0 Å². The van der Waals surface area contributed by atoms with Crippen molar-refractivity contribution < 1.29 is 14.3 Å². The molecular formula is C14H15NO3. The summed E-state index contributed by atoms with van der Waals surface area (Å²) in [5.74, 6) is 0.749. The first-order chi connectivity index (χ1) is 8.60. The van der Waals surface area contributed by atoms with Crippen molar-refractivity contribution in [3.05, 3.63) is 53.0 Å². The Balaban J connectivity index is 2.18. The zero-order valence-electron chi connectivity index (χ0n) is 10.4. The smallest absolute Gasteiger partial charge is 0.291 e. The lowest BCUT2D eigenvalue weighted by Gasteiger charge is -2.05. The fourth-order valence-corrected chi connectivity index (χ4v) is 1.80. The Morgan fingerprint density at radius 2 is 2.11 bits per heavy atom. The number of anilines is 1. The quantitative estimate of drug-likeness (QED) is 0.873. The van der Waals surface area contributed by atoms with Gasteiger partial charge in [-0.05, 0) is 37.6 Å². The van der Waals surface area contributed by atoms with Gasteiger partial charge in [0.15, 0.2) is 5.76 Å². The second kappa shape index (κ2) is 5.06. The van der Waals surface area contributed by atoms with Crippen molar-refractivity contribution in [2.75, 3.05) is 5.32 Å². The molecule has 1 heterocycles. The SMILES string of the molecule is Cc1cc(C)c(C(=O)Nc2cccc(CO)c2)o1. The van der Waals surface area contributed by atoms with Crippen molar-refractivity contribution in [3.63, 3.8) is 0 Å². The predicted octanol–water partition coefficient (Wildman–Crippen LogP) is 2.64. The van der Waals surface area contributed by atoms with Crippen molar-refractivity contribution in [1.29, 1.82) is 0 Å². The van der Waals surface area contributed by atoms with E-state index in [1.807, 2.05) is 13.0 Å². The summed E-state index contributed by atoms with van der Waals surface area (Å²) in [6.45, 7) is 3.58. The molecule has 0 fully saturated rings. The monoisotopic (exact) mass is 245 g/mol. The molecule has 0 aliphatic heterocycles. The van der Waals surface area contributed by atoms with Gasteiger partial charge < -0.3 is 14.8 Å². The molecule has 1 amide bonds. The molecule has 0 radical (unpaired) electrons. The summed E-state index contributed by atoms with van der Waals surface area (Å²) in [5.41, 5.74) is 2.20. The predicted molar refractivity (Wildman–Crippen MR) is 68.5 cm³/mol. The minimum absolute atomic E-state index is 0.0530. The maximum atomic E-state index is 12.0. The van der Waals surface area contributed by atoms with Gasteiger partial charge in [-0.25, -0.2) is 0 Å². The lowest BCUT2D eigenvalue weighted by atomic mass is 10.2. The van der Waals surface area contributed by atoms with Crippen molar-refractivity contribution in [1.82, 2.24) is 0 Å². The first-order valence-electron chi connectivity index (χ1n) is 5.68. The largest absolute Gasteiger partial charge is 0.456 e. The lowest BCUT2D eigenvalue weighted by molar-refractivity contribution is 0.0994. The number of carbonyl (C=O) groups excluding carboxylic acids is 1. The summed E-state index contributed by atoms with van der Waals surface area (Å²) in [5, 5.41) is 11.8. The zero-order valence-corrected chi connectivity index (χ0v) is 10.4. The maximum absolute atomic E-state index is 12.0. The highest BCUT2D eigenvalue weighted by Gasteiger charge is 2.14. The van der Waals surface area contributed by atoms with Crippen LogP contribution in [0.2, 0.25) is 0 Å². The molecule has 4 heteroatoms. The third-order valence-corrected chi connectivity index (χ3v) is 2.61. The van der Waals surface area contributed by atoms with Crippen molar-refractivity contribution in [2.24, 2.45) is 0 Å². The molecule has 2 aromatic rings. The van der Waals surface area contributed by atoms with Gasteiger partial charge in [-0.15, -0.1) is 0 Å². The van der Waals surface area contributed by atoms with Crippen molar-refractivity contribution in [2.45, 2.75) is 20.5 Å². The number of furan rings is 1. The summed E-state index contributed by atoms with van der Waals surface area (Å²) in [7, 11) is 0. The number of carbonyl (C=O) groups is 1. The van der Waals surface area contributed by atoms with Crippen LogP contribution in [0.4, 0.5) is 5.69 Å². The number of aryl methyl sites for hydroxylation is 2. The van der Waals surface area contributed by atoms with E-state index in [0.29, 0.717) is 17.2 Å². The molecule has 1 aromatic heterocycles. The van der Waals surface area contributed by atoms with E-state index in [4.69, 9.17) is 9.52 Å². The van der Waals surface area contributed by atoms with Crippen LogP contribution in [0.1, 0.15) is 27.4 Å². The summed E-state index contributed by atoms with van der Waals surface area (Å²) in [6, 6.07) is 8.88. The molecule has 0 unspecified atom stereocenters. The Bertz CT molecular complexity index is 572. The number of aliphatic hydroxyl groups excluding tert-OH is 1. The number of hydrogen-bond donors (Lipinski definition) is 2. The van der Waals surface area contributed by atoms with Crippen molar-refractivity contribution >= 4 is 11.6 Å². The van der Waals surface area contributed by atoms with Gasteiger partial charge in [0.05, 0.1) is 6.61 Å². The highest BCUT2D eigenvalue weighted by atomic mass is 16.3. The topological polar surface area (TPSA) is 62.5 Å². The van der Waals surface area contributed by atoms with Gasteiger partial charge in [-0.1, -0.05) is 12.1 Å². The summed E-state index contributed by atoms with van der Waals surface area (Å²) in [6.07, 6.45) is 0. The minimum Gasteiger partial charge on any atom is -0.456 e. The normalized spacial score (nSPS) is 10.4. The highest BCUT2D eigenvalue weighted by Crippen LogP contribution is 2.17. The number of hydrogen-bond acceptors (Lipinski definition) is 3. The summed E-state index contributed by atoms with van der Waals surface area (Å²) in [4.78, 5) is 12.0. The van der Waals surface area contributed by atoms with Gasteiger partial charge in [0.1, 0.15) is 5.76 Å². The fraction of sp³-hybridized carbons (Fsp3) is 0.214. The van der Waals surface area contributed by atoms with E-state index >= 15 is 0 Å². The number of nitrogens with one attached hydrogen (secondary N) is 1. The molecule has 0 atom stereocenters. The Labute approximate surface area is 105 Å². The number of aliphatic hydroxyl groups is 1. The number of benzene rings is 1. The van der Waals surface area contributed by atoms with E-state index in [1.54, 1.807) is 31.2 Å². The van der Waals surface area contributed by atoms with Gasteiger partial charge >= 0.3 is 0 Å². The van der Waals surface area contributed by atoms with Crippen LogP contribution in [0.25, 0.3) is 0 Å². The molecule has 0 bridgehead atoms. The molecular weight excluding hydrogens is 230 g/mol. The van der Waals surface area contributed by atoms with Crippen LogP contribution < -0.4 is 5.32 Å². The van der Waals surface area contributed by atoms with Gasteiger partial charge in [0.25, 0.3) is 5.91 Å². The van der Waals surface area contributed by atoms with Crippen molar-refractivity contribution in [3.8, 4) is 0 Å². The second-order valence-electron chi connectivity index (χ2n) is 4.18. The van der Waals surface area contributed by atoms with E-state index in [1.165, 1.54) is 0 Å². The highest BCUT2D eigenvalue weighted by molar-refractivity contribution is 6.03. The molecule has 0 aliphatic rings. The molecule has 18 heavy (non-hydrogen) atoms. The van der Waals surface area contributed by atoms with Crippen LogP contribution in [0.15, 0.2) is 34.7 Å². The van der Waals surface area contributed by atoms with E-state index in [2.05, 4.69) is 5.32 Å². The first kappa shape index (κ1) is 12.4. The minimum atomic E-state index is -0.282. The first-order valence-corrected chi connectivity index (χ1v) is 5.68. The fourth-order valence-electron chi connectivity index (χ4n) is 1.80. The van der Waals surface area contributed by atoms with Crippen LogP contribution in [-0.4, -0.2) is 11.0 Å². The third-order valence-electron chi connectivity index (χ3n) is 2.61. The van der Waals surface area contributed by atoms with Crippen LogP contribution in [-0.2, 0) is 6.61 Å². The van der Waals surface area contributed by atoms with E-state index in [0.717, 1.165) is 11.1 Å². The van der Waals surface area contributed by atoms with Gasteiger partial charge in [-0.3, -0.25) is 4.79 Å². The Morgan fingerprint density at radius 3 is 2.72 bits per heavy atom. The Hall–Kier alpha value is -2.07. The van der Waals surface area contributed by atoms with Crippen LogP contribution in [0.3, 0.4) is 0 Å². The molecule has 0 saturated heterocycles. The molecule has 4 nitrogen and oxygen atoms in total. The molecule has 0 spiro atoms. The van der Waals surface area contributed by atoms with Gasteiger partial charge in [0, 0.05) is 11.3 Å². The van der Waals surface area contributed by atoms with Crippen LogP contribution in [0.5, 0.6) is 0 Å². The average Bonchev–Trinajstić information content (AvgIpc) is 2.69. The molecule has 0 aliphatic carbocycles. The maximum Gasteiger partial charge on any atom is 0.291 e. The lowest BCUT2D eigenvalue weighted by Crippen LogP contribution is -2.12. The van der Waals surface area contributed by atoms with Crippen LogP contribution in [0, 0.1) is 13.8 Å². The third kappa shape index (κ3) is 2.60. The number of amides is 1. The molecule has 0 saturated carbocycles. The Kier molecular flexibility index (Phi) is 3.48. The molecule has 1 aromatic carbocycles. The molecule has 2 rings (SSSR count). The molecule has 94 valence electrons. The summed E-state index contributed by atoms with van der Waals surface area (Å²) >= 11 is 0. The summed E-state index contributed by atoms with van der Waals surface area (Å²) < 4.78 is 5.34. The molecule has 2 N–H and O–H groups in total. The zero-order chi connectivity index (χ0) is 13.1. The number of rotatable bonds is 3. The average molecular weight is 245 g/mol. The standard InChI is InChI=1S/C14H15NO3/c1-9-6-10(2)18-13(9)14(17)15-12-5-3-4-11(7-12)8-16/h3-7,16H,8H2,1-2H3,(H,15,17).